The maximum Gasteiger partial charge on any atom is 0.0338 e. The third-order valence-electron chi connectivity index (χ3n) is 1.74. The number of hydrogen-bond acceptors (Lipinski definition) is 1. The highest BCUT2D eigenvalue weighted by molar-refractivity contribution is 6.12. The Morgan fingerprint density at radius 1 is 1.45 bits per heavy atom. The van der Waals surface area contributed by atoms with Crippen LogP contribution in [-0.4, -0.2) is 21.6 Å². The zero-order valence-electron chi connectivity index (χ0n) is 8.52. The molecule has 0 aromatic heterocycles. The molecule has 0 aromatic carbocycles. The summed E-state index contributed by atoms with van der Waals surface area (Å²) in [6, 6.07) is 0. The number of hydrogen-bond donors (Lipinski definition) is 0. The lowest BCUT2D eigenvalue weighted by molar-refractivity contribution is 0.678. The largest absolute Gasteiger partial charge is 0.296 e. The summed E-state index contributed by atoms with van der Waals surface area (Å²) in [5.74, 6) is 0.754. The molecule has 0 fully saturated rings. The van der Waals surface area contributed by atoms with Crippen LogP contribution in [0.1, 0.15) is 40.5 Å². The van der Waals surface area contributed by atoms with Gasteiger partial charge in [0.05, 0.1) is 0 Å². The van der Waals surface area contributed by atoms with Gasteiger partial charge in [0.2, 0.25) is 0 Å². The van der Waals surface area contributed by atoms with E-state index in [2.05, 4.69) is 32.7 Å². The highest BCUT2D eigenvalue weighted by atomic mass is 28.1. The van der Waals surface area contributed by atoms with Crippen LogP contribution in [0, 0.1) is 5.92 Å². The molecule has 0 aromatic rings. The van der Waals surface area contributed by atoms with Crippen LogP contribution in [0.3, 0.4) is 0 Å². The molecule has 1 unspecified atom stereocenters. The minimum atomic E-state index is 0.647. The SMILES string of the molecule is CCC([SiH3])N=C(C)CC(C)C. The van der Waals surface area contributed by atoms with Crippen LogP contribution in [0.25, 0.3) is 0 Å². The van der Waals surface area contributed by atoms with Gasteiger partial charge in [-0.25, -0.2) is 0 Å². The Morgan fingerprint density at radius 3 is 2.36 bits per heavy atom. The predicted octanol–water partition coefficient (Wildman–Crippen LogP) is 1.59. The van der Waals surface area contributed by atoms with Crippen LogP contribution in [0.4, 0.5) is 0 Å². The van der Waals surface area contributed by atoms with E-state index in [4.69, 9.17) is 0 Å². The van der Waals surface area contributed by atoms with Crippen molar-refractivity contribution in [2.75, 3.05) is 0 Å². The summed E-state index contributed by atoms with van der Waals surface area (Å²) in [6.45, 7) is 8.85. The zero-order valence-corrected chi connectivity index (χ0v) is 10.5. The second-order valence-electron chi connectivity index (χ2n) is 3.72. The molecular formula is C9H21NSi. The first kappa shape index (κ1) is 10.9. The summed E-state index contributed by atoms with van der Waals surface area (Å²) in [4.78, 5) is 4.61. The maximum absolute atomic E-state index is 4.61. The normalized spacial score (nSPS) is 15.9. The first-order valence-corrected chi connectivity index (χ1v) is 5.75. The monoisotopic (exact) mass is 171 g/mol. The Labute approximate surface area is 73.7 Å². The predicted molar refractivity (Wildman–Crippen MR) is 56.6 cm³/mol. The van der Waals surface area contributed by atoms with Gasteiger partial charge in [-0.3, -0.25) is 4.99 Å². The molecule has 11 heavy (non-hydrogen) atoms. The molecule has 0 radical (unpaired) electrons. The van der Waals surface area contributed by atoms with E-state index in [1.165, 1.54) is 28.8 Å². The van der Waals surface area contributed by atoms with Crippen molar-refractivity contribution in [1.29, 1.82) is 0 Å². The highest BCUT2D eigenvalue weighted by Gasteiger charge is 1.99. The highest BCUT2D eigenvalue weighted by Crippen LogP contribution is 2.03. The van der Waals surface area contributed by atoms with E-state index < -0.39 is 0 Å². The number of rotatable bonds is 4. The number of nitrogens with zero attached hydrogens (tertiary/aromatic N) is 1. The summed E-state index contributed by atoms with van der Waals surface area (Å²) < 4.78 is 0. The Balaban J connectivity index is 3.79. The average molecular weight is 171 g/mol. The fourth-order valence-corrected chi connectivity index (χ4v) is 1.55. The smallest absolute Gasteiger partial charge is 0.0338 e. The summed E-state index contributed by atoms with van der Waals surface area (Å²) in [5.41, 5.74) is 1.98. The third kappa shape index (κ3) is 6.29. The Kier molecular flexibility index (Phi) is 5.47. The molecule has 0 amide bonds. The van der Waals surface area contributed by atoms with Crippen LogP contribution in [0.5, 0.6) is 0 Å². The Bertz CT molecular complexity index is 130. The van der Waals surface area contributed by atoms with Gasteiger partial charge in [-0.15, -0.1) is 0 Å². The van der Waals surface area contributed by atoms with Crippen LogP contribution < -0.4 is 0 Å². The second kappa shape index (κ2) is 5.53. The molecule has 0 heterocycles. The van der Waals surface area contributed by atoms with Crippen molar-refractivity contribution >= 4 is 16.0 Å². The van der Waals surface area contributed by atoms with Gasteiger partial charge in [0.15, 0.2) is 0 Å². The van der Waals surface area contributed by atoms with Gasteiger partial charge >= 0.3 is 0 Å². The summed E-state index contributed by atoms with van der Waals surface area (Å²) in [5, 5.41) is 0. The molecule has 0 rings (SSSR count). The van der Waals surface area contributed by atoms with Gasteiger partial charge in [0.25, 0.3) is 0 Å². The molecule has 0 saturated heterocycles. The minimum Gasteiger partial charge on any atom is -0.296 e. The lowest BCUT2D eigenvalue weighted by Crippen LogP contribution is -2.07. The molecule has 0 aliphatic heterocycles. The summed E-state index contributed by atoms with van der Waals surface area (Å²) in [6.07, 6.45) is 2.38. The van der Waals surface area contributed by atoms with Crippen molar-refractivity contribution in [2.24, 2.45) is 10.9 Å². The van der Waals surface area contributed by atoms with Crippen molar-refractivity contribution in [2.45, 2.75) is 46.2 Å². The Morgan fingerprint density at radius 2 is 2.00 bits per heavy atom. The third-order valence-corrected chi connectivity index (χ3v) is 2.81. The maximum atomic E-state index is 4.61. The van der Waals surface area contributed by atoms with E-state index in [1.54, 1.807) is 0 Å². The second-order valence-corrected chi connectivity index (χ2v) is 5.05. The minimum absolute atomic E-state index is 0.647. The fraction of sp³-hybridized carbons (Fsp3) is 0.889. The van der Waals surface area contributed by atoms with Crippen molar-refractivity contribution in [3.8, 4) is 0 Å². The van der Waals surface area contributed by atoms with E-state index in [0.29, 0.717) is 5.67 Å². The lowest BCUT2D eigenvalue weighted by Gasteiger charge is -2.07. The summed E-state index contributed by atoms with van der Waals surface area (Å²) in [7, 11) is 1.20. The van der Waals surface area contributed by atoms with Crippen LogP contribution in [0.15, 0.2) is 4.99 Å². The molecule has 0 aliphatic carbocycles. The van der Waals surface area contributed by atoms with Gasteiger partial charge in [0, 0.05) is 21.6 Å². The Hall–Kier alpha value is -0.113. The quantitative estimate of drug-likeness (QED) is 0.450. The van der Waals surface area contributed by atoms with Gasteiger partial charge < -0.3 is 0 Å². The van der Waals surface area contributed by atoms with Gasteiger partial charge in [-0.05, 0) is 25.7 Å². The van der Waals surface area contributed by atoms with E-state index in [-0.39, 0.29) is 0 Å². The molecule has 0 spiro atoms. The van der Waals surface area contributed by atoms with Gasteiger partial charge in [-0.1, -0.05) is 20.8 Å². The molecule has 0 aliphatic rings. The van der Waals surface area contributed by atoms with Crippen molar-refractivity contribution in [1.82, 2.24) is 0 Å². The fourth-order valence-electron chi connectivity index (χ4n) is 1.11. The molecule has 0 N–H and O–H groups in total. The molecule has 0 bridgehead atoms. The topological polar surface area (TPSA) is 12.4 Å². The van der Waals surface area contributed by atoms with E-state index in [1.807, 2.05) is 0 Å². The van der Waals surface area contributed by atoms with E-state index in [0.717, 1.165) is 5.92 Å². The van der Waals surface area contributed by atoms with Crippen molar-refractivity contribution in [3.05, 3.63) is 0 Å². The standard InChI is InChI=1S/C9H21NSi/c1-5-9(11)10-8(4)6-7(2)3/h7,9H,5-6H2,1-4,11H3. The molecule has 0 saturated carbocycles. The molecule has 66 valence electrons. The van der Waals surface area contributed by atoms with Crippen LogP contribution >= 0.6 is 0 Å². The first-order chi connectivity index (χ1) is 5.06. The molecular weight excluding hydrogens is 150 g/mol. The average Bonchev–Trinajstić information content (AvgIpc) is 1.85. The zero-order chi connectivity index (χ0) is 8.85. The molecule has 1 atom stereocenters. The molecule has 1 nitrogen and oxygen atoms in total. The summed E-state index contributed by atoms with van der Waals surface area (Å²) >= 11 is 0. The van der Waals surface area contributed by atoms with E-state index >= 15 is 0 Å². The van der Waals surface area contributed by atoms with Crippen molar-refractivity contribution in [3.63, 3.8) is 0 Å². The van der Waals surface area contributed by atoms with Crippen LogP contribution in [0.2, 0.25) is 0 Å². The first-order valence-electron chi connectivity index (χ1n) is 4.59. The molecule has 2 heteroatoms. The van der Waals surface area contributed by atoms with E-state index in [9.17, 15) is 0 Å². The van der Waals surface area contributed by atoms with Gasteiger partial charge in [-0.2, -0.15) is 0 Å². The lowest BCUT2D eigenvalue weighted by atomic mass is 10.1. The van der Waals surface area contributed by atoms with Crippen LogP contribution in [-0.2, 0) is 0 Å². The van der Waals surface area contributed by atoms with Crippen molar-refractivity contribution < 1.29 is 0 Å². The number of aliphatic imine (C=N–C) groups is 1. The van der Waals surface area contributed by atoms with Gasteiger partial charge in [0.1, 0.15) is 0 Å².